The van der Waals surface area contributed by atoms with Crippen LogP contribution in [0, 0.1) is 30.0 Å². The standard InChI is InChI=1S/C23H21ClF4N6O/c1-13-5-15(23(26,27)28)6-21(30-13)34-20(7-16(31-34)12-33-10-14(9-29)11-33)22(35)32(2)17-3-4-19(25)18(24)8-17/h3-6,8,14,20H,7,10-12H2,1-2H3. The molecule has 1 amide bonds. The Hall–Kier alpha value is -3.23. The number of carbonyl (C=O) groups excluding carboxylic acids is 1. The second-order valence-corrected chi connectivity index (χ2v) is 9.01. The van der Waals surface area contributed by atoms with Crippen LogP contribution in [0.2, 0.25) is 5.02 Å². The van der Waals surface area contributed by atoms with Crippen molar-refractivity contribution < 1.29 is 22.4 Å². The number of hydrogen-bond donors (Lipinski definition) is 0. The molecule has 2 aliphatic heterocycles. The highest BCUT2D eigenvalue weighted by molar-refractivity contribution is 6.31. The molecule has 35 heavy (non-hydrogen) atoms. The highest BCUT2D eigenvalue weighted by Gasteiger charge is 2.40. The van der Waals surface area contributed by atoms with E-state index in [0.29, 0.717) is 31.0 Å². The Kier molecular flexibility index (Phi) is 6.71. The number of nitrogens with zero attached hydrogens (tertiary/aromatic N) is 6. The molecule has 0 spiro atoms. The summed E-state index contributed by atoms with van der Waals surface area (Å²) >= 11 is 5.86. The van der Waals surface area contributed by atoms with Crippen LogP contribution in [0.25, 0.3) is 0 Å². The molecule has 1 saturated heterocycles. The van der Waals surface area contributed by atoms with Gasteiger partial charge in [0.1, 0.15) is 17.7 Å². The summed E-state index contributed by atoms with van der Waals surface area (Å²) in [5, 5.41) is 14.5. The molecule has 0 aliphatic carbocycles. The molecule has 1 unspecified atom stereocenters. The van der Waals surface area contributed by atoms with Crippen molar-refractivity contribution in [2.45, 2.75) is 25.6 Å². The normalized spacial score (nSPS) is 18.7. The quantitative estimate of drug-likeness (QED) is 0.564. The zero-order valence-corrected chi connectivity index (χ0v) is 19.6. The van der Waals surface area contributed by atoms with E-state index in [1.807, 2.05) is 4.90 Å². The zero-order chi connectivity index (χ0) is 25.5. The van der Waals surface area contributed by atoms with Gasteiger partial charge in [0, 0.05) is 44.5 Å². The number of rotatable bonds is 5. The van der Waals surface area contributed by atoms with E-state index < -0.39 is 29.5 Å². The molecule has 1 fully saturated rings. The largest absolute Gasteiger partial charge is 0.416 e. The van der Waals surface area contributed by atoms with E-state index in [0.717, 1.165) is 18.2 Å². The second kappa shape index (κ2) is 9.43. The van der Waals surface area contributed by atoms with Crippen LogP contribution >= 0.6 is 11.6 Å². The van der Waals surface area contributed by atoms with E-state index >= 15 is 0 Å². The molecular formula is C23H21ClF4N6O. The molecule has 1 aromatic carbocycles. The highest BCUT2D eigenvalue weighted by atomic mass is 35.5. The number of aryl methyl sites for hydroxylation is 1. The van der Waals surface area contributed by atoms with Gasteiger partial charge in [0.15, 0.2) is 0 Å². The minimum Gasteiger partial charge on any atom is -0.314 e. The first-order chi connectivity index (χ1) is 16.5. The Morgan fingerprint density at radius 1 is 1.29 bits per heavy atom. The van der Waals surface area contributed by atoms with Gasteiger partial charge in [-0.1, -0.05) is 11.6 Å². The summed E-state index contributed by atoms with van der Waals surface area (Å²) in [4.78, 5) is 20.9. The zero-order valence-electron chi connectivity index (χ0n) is 18.9. The Balaban J connectivity index is 1.65. The molecule has 0 N–H and O–H groups in total. The van der Waals surface area contributed by atoms with E-state index in [1.165, 1.54) is 36.0 Å². The summed E-state index contributed by atoms with van der Waals surface area (Å²) in [6, 6.07) is 6.81. The fraction of sp³-hybridized carbons (Fsp3) is 0.391. The van der Waals surface area contributed by atoms with Crippen LogP contribution in [0.15, 0.2) is 35.4 Å². The predicted molar refractivity (Wildman–Crippen MR) is 123 cm³/mol. The summed E-state index contributed by atoms with van der Waals surface area (Å²) < 4.78 is 53.9. The lowest BCUT2D eigenvalue weighted by molar-refractivity contribution is -0.137. The van der Waals surface area contributed by atoms with Gasteiger partial charge in [-0.15, -0.1) is 0 Å². The number of hydrogen-bond acceptors (Lipinski definition) is 6. The number of aromatic nitrogens is 1. The van der Waals surface area contributed by atoms with Gasteiger partial charge < -0.3 is 4.90 Å². The minimum atomic E-state index is -4.60. The number of likely N-dealkylation sites (tertiary alicyclic amines) is 1. The maximum absolute atomic E-state index is 13.6. The summed E-state index contributed by atoms with van der Waals surface area (Å²) in [6.07, 6.45) is -4.44. The SMILES string of the molecule is Cc1cc(C(F)(F)F)cc(N2N=C(CN3CC(C#N)C3)CC2C(=O)N(C)c2ccc(F)c(Cl)c2)n1. The number of pyridine rings is 1. The van der Waals surface area contributed by atoms with Gasteiger partial charge >= 0.3 is 6.18 Å². The fourth-order valence-electron chi connectivity index (χ4n) is 4.09. The van der Waals surface area contributed by atoms with Crippen LogP contribution in [-0.4, -0.2) is 54.2 Å². The maximum Gasteiger partial charge on any atom is 0.416 e. The van der Waals surface area contributed by atoms with Crippen molar-refractivity contribution in [3.63, 3.8) is 0 Å². The van der Waals surface area contributed by atoms with Crippen LogP contribution in [0.1, 0.15) is 17.7 Å². The summed E-state index contributed by atoms with van der Waals surface area (Å²) in [5.41, 5.74) is 0.140. The van der Waals surface area contributed by atoms with Crippen molar-refractivity contribution in [1.82, 2.24) is 9.88 Å². The van der Waals surface area contributed by atoms with Gasteiger partial charge in [-0.3, -0.25) is 9.69 Å². The molecule has 1 aromatic heterocycles. The lowest BCUT2D eigenvalue weighted by atomic mass is 10.0. The number of hydrazone groups is 1. The van der Waals surface area contributed by atoms with E-state index in [9.17, 15) is 22.4 Å². The number of halogens is 5. The summed E-state index contributed by atoms with van der Waals surface area (Å²) in [5.74, 6) is -1.29. The third-order valence-electron chi connectivity index (χ3n) is 5.93. The van der Waals surface area contributed by atoms with Crippen molar-refractivity contribution in [2.24, 2.45) is 11.0 Å². The minimum absolute atomic E-state index is 0.0762. The first-order valence-corrected chi connectivity index (χ1v) is 11.1. The number of nitriles is 1. The number of alkyl halides is 3. The van der Waals surface area contributed by atoms with Crippen molar-refractivity contribution >= 4 is 34.7 Å². The maximum atomic E-state index is 13.6. The summed E-state index contributed by atoms with van der Waals surface area (Å²) in [7, 11) is 1.47. The topological polar surface area (TPSA) is 75.8 Å². The molecule has 12 heteroatoms. The Labute approximate surface area is 204 Å². The van der Waals surface area contributed by atoms with Crippen molar-refractivity contribution in [3.05, 3.63) is 52.4 Å². The van der Waals surface area contributed by atoms with Gasteiger partial charge in [-0.05, 0) is 37.3 Å². The van der Waals surface area contributed by atoms with E-state index in [-0.39, 0.29) is 28.9 Å². The number of anilines is 2. The summed E-state index contributed by atoms with van der Waals surface area (Å²) in [6.45, 7) is 2.93. The lowest BCUT2D eigenvalue weighted by Gasteiger charge is -2.34. The van der Waals surface area contributed by atoms with Crippen molar-refractivity contribution in [1.29, 1.82) is 5.26 Å². The van der Waals surface area contributed by atoms with Crippen molar-refractivity contribution in [2.75, 3.05) is 36.6 Å². The van der Waals surface area contributed by atoms with Crippen molar-refractivity contribution in [3.8, 4) is 6.07 Å². The molecule has 2 aliphatic rings. The fourth-order valence-corrected chi connectivity index (χ4v) is 4.26. The third kappa shape index (κ3) is 5.23. The van der Waals surface area contributed by atoms with Crippen LogP contribution in [-0.2, 0) is 11.0 Å². The third-order valence-corrected chi connectivity index (χ3v) is 6.22. The molecule has 2 aromatic rings. The highest BCUT2D eigenvalue weighted by Crippen LogP contribution is 2.34. The van der Waals surface area contributed by atoms with Crippen LogP contribution in [0.5, 0.6) is 0 Å². The lowest BCUT2D eigenvalue weighted by Crippen LogP contribution is -2.48. The van der Waals surface area contributed by atoms with Gasteiger partial charge in [0.25, 0.3) is 5.91 Å². The van der Waals surface area contributed by atoms with E-state index in [4.69, 9.17) is 16.9 Å². The molecule has 4 rings (SSSR count). The Morgan fingerprint density at radius 2 is 2.00 bits per heavy atom. The van der Waals surface area contributed by atoms with E-state index in [2.05, 4.69) is 16.2 Å². The van der Waals surface area contributed by atoms with Gasteiger partial charge in [0.05, 0.1) is 28.3 Å². The molecule has 3 heterocycles. The van der Waals surface area contributed by atoms with Gasteiger partial charge in [-0.2, -0.15) is 23.5 Å². The van der Waals surface area contributed by atoms with Crippen LogP contribution in [0.3, 0.4) is 0 Å². The number of likely N-dealkylation sites (N-methyl/N-ethyl adjacent to an activating group) is 1. The average molecular weight is 509 g/mol. The molecule has 0 radical (unpaired) electrons. The number of benzene rings is 1. The van der Waals surface area contributed by atoms with Gasteiger partial charge in [-0.25, -0.2) is 14.4 Å². The first-order valence-electron chi connectivity index (χ1n) is 10.7. The second-order valence-electron chi connectivity index (χ2n) is 8.60. The molecule has 0 saturated carbocycles. The predicted octanol–water partition coefficient (Wildman–Crippen LogP) is 4.25. The molecular weight excluding hydrogens is 488 g/mol. The molecule has 1 atom stereocenters. The smallest absolute Gasteiger partial charge is 0.314 e. The molecule has 7 nitrogen and oxygen atoms in total. The number of carbonyl (C=O) groups is 1. The molecule has 0 bridgehead atoms. The Morgan fingerprint density at radius 3 is 2.63 bits per heavy atom. The number of amides is 1. The average Bonchev–Trinajstić information content (AvgIpc) is 3.19. The Bertz CT molecular complexity index is 1220. The monoisotopic (exact) mass is 508 g/mol. The van der Waals surface area contributed by atoms with E-state index in [1.54, 1.807) is 0 Å². The first kappa shape index (κ1) is 24.9. The van der Waals surface area contributed by atoms with Crippen LogP contribution < -0.4 is 9.91 Å². The van der Waals surface area contributed by atoms with Gasteiger partial charge in [0.2, 0.25) is 0 Å². The molecule has 184 valence electrons. The van der Waals surface area contributed by atoms with Crippen LogP contribution in [0.4, 0.5) is 29.1 Å².